The molecule has 222 valence electrons. The van der Waals surface area contributed by atoms with Crippen molar-refractivity contribution in [3.8, 4) is 0 Å². The Morgan fingerprint density at radius 1 is 0.500 bits per heavy atom. The van der Waals surface area contributed by atoms with Crippen LogP contribution < -0.4 is 0 Å². The molecule has 0 aromatic rings. The molecule has 0 aliphatic carbocycles. The van der Waals surface area contributed by atoms with Crippen LogP contribution in [0.25, 0.3) is 5.41 Å². The first kappa shape index (κ1) is 38.9. The number of thiocarbonyl (C=S) groups is 1. The molecule has 0 N–H and O–H groups in total. The Labute approximate surface area is 241 Å². The number of hydrogen-bond acceptors (Lipinski definition) is 4. The van der Waals surface area contributed by atoms with Crippen LogP contribution in [0.2, 0.25) is 0 Å². The fourth-order valence-electron chi connectivity index (χ4n) is 4.79. The van der Waals surface area contributed by atoms with Crippen molar-refractivity contribution in [1.82, 2.24) is 0 Å². The zero-order chi connectivity index (χ0) is 28.9. The summed E-state index contributed by atoms with van der Waals surface area (Å²) in [5, 5.41) is 8.47. The third-order valence-electron chi connectivity index (χ3n) is 7.48. The zero-order valence-electron chi connectivity index (χ0n) is 25.5. The number of isothiocyanates is 1. The maximum Gasteiger partial charge on any atom is 0.328 e. The van der Waals surface area contributed by atoms with Crippen LogP contribution in [-0.4, -0.2) is 34.4 Å². The molecule has 0 aliphatic heterocycles. The van der Waals surface area contributed by atoms with Crippen molar-refractivity contribution in [2.45, 2.75) is 175 Å². The molecule has 6 heteroatoms. The van der Waals surface area contributed by atoms with Crippen LogP contribution in [0.3, 0.4) is 0 Å². The Balaban J connectivity index is 0. The van der Waals surface area contributed by atoms with E-state index in [1.165, 1.54) is 82.2 Å². The van der Waals surface area contributed by atoms with Crippen molar-refractivity contribution >= 4 is 35.1 Å². The molecule has 3 amide bonds. The molecule has 0 heterocycles. The number of imide groups is 3. The summed E-state index contributed by atoms with van der Waals surface area (Å²) in [7, 11) is 1.59. The average molecular weight is 553 g/mol. The molecule has 0 aromatic heterocycles. The molecule has 38 heavy (non-hydrogen) atoms. The molecule has 0 spiro atoms. The highest BCUT2D eigenvalue weighted by Gasteiger charge is 2.45. The number of carbonyl (C=O) groups excluding carboxylic acids is 3. The van der Waals surface area contributed by atoms with Gasteiger partial charge in [0.15, 0.2) is 0 Å². The van der Waals surface area contributed by atoms with Gasteiger partial charge in [0, 0.05) is 0 Å². The monoisotopic (exact) mass is 552 g/mol. The van der Waals surface area contributed by atoms with Crippen LogP contribution in [0.15, 0.2) is 0 Å². The van der Waals surface area contributed by atoms with Crippen molar-refractivity contribution in [3.63, 3.8) is 0 Å². The van der Waals surface area contributed by atoms with E-state index in [0.29, 0.717) is 19.3 Å². The minimum Gasteiger partial charge on any atom is -0.753 e. The van der Waals surface area contributed by atoms with E-state index in [0.717, 1.165) is 57.8 Å². The fourth-order valence-corrected chi connectivity index (χ4v) is 4.79. The van der Waals surface area contributed by atoms with E-state index in [1.807, 2.05) is 0 Å². The molecule has 0 radical (unpaired) electrons. The van der Waals surface area contributed by atoms with Gasteiger partial charge in [-0.15, -0.1) is 4.48 Å². The standard InChI is InChI=1S/C31H60NO3.CNS/c1-5-8-11-14-17-20-23-26-29(33)32(4,30(34)27-24-21-18-15-12-9-6-2)31(35)28-25-22-19-16-13-10-7-3;2-1-3/h5-28H2,1-4H3;/q+1;-1. The summed E-state index contributed by atoms with van der Waals surface area (Å²) in [6, 6.07) is 0. The van der Waals surface area contributed by atoms with Gasteiger partial charge in [0.2, 0.25) is 0 Å². The number of amides is 3. The molecule has 0 rings (SSSR count). The summed E-state index contributed by atoms with van der Waals surface area (Å²) in [5.41, 5.74) is 0. The number of rotatable bonds is 24. The van der Waals surface area contributed by atoms with E-state index in [4.69, 9.17) is 5.41 Å². The molecule has 0 atom stereocenters. The van der Waals surface area contributed by atoms with Gasteiger partial charge in [-0.2, -0.15) is 5.16 Å². The van der Waals surface area contributed by atoms with E-state index < -0.39 is 4.48 Å². The highest BCUT2D eigenvalue weighted by molar-refractivity contribution is 7.78. The second-order valence-electron chi connectivity index (χ2n) is 10.9. The molecule has 0 aromatic carbocycles. The number of nitrogens with zero attached hydrogens (tertiary/aromatic N) is 2. The normalized spacial score (nSPS) is 10.9. The lowest BCUT2D eigenvalue weighted by atomic mass is 10.0. The Kier molecular flexibility index (Phi) is 29.5. The van der Waals surface area contributed by atoms with Crippen molar-refractivity contribution in [1.29, 1.82) is 0 Å². The maximum absolute atomic E-state index is 13.2. The van der Waals surface area contributed by atoms with Gasteiger partial charge < -0.3 is 5.41 Å². The second-order valence-corrected chi connectivity index (χ2v) is 11.1. The van der Waals surface area contributed by atoms with Gasteiger partial charge in [-0.1, -0.05) is 149 Å². The van der Waals surface area contributed by atoms with Crippen molar-refractivity contribution in [3.05, 3.63) is 5.41 Å². The molecule has 0 fully saturated rings. The topological polar surface area (TPSA) is 73.5 Å². The number of carbonyl (C=O) groups is 3. The smallest absolute Gasteiger partial charge is 0.328 e. The largest absolute Gasteiger partial charge is 0.753 e. The van der Waals surface area contributed by atoms with Crippen LogP contribution in [0.4, 0.5) is 0 Å². The second kappa shape index (κ2) is 28.8. The Morgan fingerprint density at radius 2 is 0.684 bits per heavy atom. The quantitative estimate of drug-likeness (QED) is 0.0516. The van der Waals surface area contributed by atoms with Crippen LogP contribution in [0, 0.1) is 0 Å². The predicted octanol–water partition coefficient (Wildman–Crippen LogP) is 10.1. The van der Waals surface area contributed by atoms with Gasteiger partial charge in [-0.05, 0) is 19.3 Å². The molecule has 0 aliphatic rings. The Morgan fingerprint density at radius 3 is 0.895 bits per heavy atom. The first-order chi connectivity index (χ1) is 18.4. The molecular formula is C32H60N2O3S. The fraction of sp³-hybridized carbons (Fsp3) is 0.875. The van der Waals surface area contributed by atoms with Gasteiger partial charge in [0.1, 0.15) is 0 Å². The highest BCUT2D eigenvalue weighted by Crippen LogP contribution is 2.20. The highest BCUT2D eigenvalue weighted by atomic mass is 32.1. The van der Waals surface area contributed by atoms with E-state index in [1.54, 1.807) is 7.05 Å². The minimum absolute atomic E-state index is 0.181. The molecular weight excluding hydrogens is 492 g/mol. The van der Waals surface area contributed by atoms with E-state index >= 15 is 0 Å². The lowest BCUT2D eigenvalue weighted by Crippen LogP contribution is -2.57. The molecule has 0 saturated carbocycles. The van der Waals surface area contributed by atoms with Crippen LogP contribution in [0.1, 0.15) is 175 Å². The third kappa shape index (κ3) is 20.7. The SMILES string of the molecule is CCCCCCCCCC(=O)[N+](C)(C(=O)CCCCCCCCC)C(=O)CCCCCCCCC.[N-]=C=S. The molecule has 0 bridgehead atoms. The number of hydrogen-bond donors (Lipinski definition) is 0. The van der Waals surface area contributed by atoms with E-state index in [-0.39, 0.29) is 17.7 Å². The zero-order valence-corrected chi connectivity index (χ0v) is 26.3. The summed E-state index contributed by atoms with van der Waals surface area (Å²) in [4.78, 5) is 39.7. The summed E-state index contributed by atoms with van der Waals surface area (Å²) in [5.74, 6) is -0.543. The van der Waals surface area contributed by atoms with Gasteiger partial charge in [0.25, 0.3) is 0 Å². The summed E-state index contributed by atoms with van der Waals surface area (Å²) in [6.07, 6.45) is 24.7. The first-order valence-corrected chi connectivity index (χ1v) is 16.2. The van der Waals surface area contributed by atoms with Crippen LogP contribution in [-0.2, 0) is 14.4 Å². The Bertz CT molecular complexity index is 556. The van der Waals surface area contributed by atoms with Crippen molar-refractivity contribution in [2.24, 2.45) is 0 Å². The van der Waals surface area contributed by atoms with Crippen molar-refractivity contribution < 1.29 is 18.9 Å². The lowest BCUT2D eigenvalue weighted by molar-refractivity contribution is -0.681. The van der Waals surface area contributed by atoms with E-state index in [9.17, 15) is 14.4 Å². The van der Waals surface area contributed by atoms with Gasteiger partial charge in [0.05, 0.1) is 26.3 Å². The maximum atomic E-state index is 13.2. The summed E-state index contributed by atoms with van der Waals surface area (Å²) < 4.78 is -0.596. The Hall–Kier alpha value is -1.23. The third-order valence-corrected chi connectivity index (χ3v) is 7.48. The number of quaternary nitrogens is 1. The first-order valence-electron chi connectivity index (χ1n) is 15.8. The summed E-state index contributed by atoms with van der Waals surface area (Å²) >= 11 is 3.70. The lowest BCUT2D eigenvalue weighted by Gasteiger charge is -2.26. The number of unbranched alkanes of at least 4 members (excludes halogenated alkanes) is 18. The van der Waals surface area contributed by atoms with Gasteiger partial charge in [-0.25, -0.2) is 14.4 Å². The van der Waals surface area contributed by atoms with Crippen LogP contribution in [0.5, 0.6) is 0 Å². The van der Waals surface area contributed by atoms with Crippen molar-refractivity contribution in [2.75, 3.05) is 7.05 Å². The molecule has 0 saturated heterocycles. The average Bonchev–Trinajstić information content (AvgIpc) is 2.91. The predicted molar refractivity (Wildman–Crippen MR) is 165 cm³/mol. The summed E-state index contributed by atoms with van der Waals surface area (Å²) in [6.45, 7) is 6.64. The van der Waals surface area contributed by atoms with E-state index in [2.05, 4.69) is 33.0 Å². The minimum atomic E-state index is -0.596. The molecule has 5 nitrogen and oxygen atoms in total. The van der Waals surface area contributed by atoms with Gasteiger partial charge >= 0.3 is 17.7 Å². The molecule has 0 unspecified atom stereocenters. The van der Waals surface area contributed by atoms with Crippen LogP contribution >= 0.6 is 12.2 Å². The van der Waals surface area contributed by atoms with Gasteiger partial charge in [-0.3, -0.25) is 0 Å².